The summed E-state index contributed by atoms with van der Waals surface area (Å²) < 4.78 is 21.4. The van der Waals surface area contributed by atoms with Crippen LogP contribution in [-0.2, 0) is 47.7 Å². The normalized spacial score (nSPS) is 11.5. The molecule has 0 saturated carbocycles. The fraction of sp³-hybridized carbons (Fsp3) is 0.850. The van der Waals surface area contributed by atoms with Crippen molar-refractivity contribution in [3.8, 4) is 0 Å². The molecular weight excluding hydrogens is 721 g/mol. The van der Waals surface area contributed by atoms with Gasteiger partial charge in [-0.05, 0) is 38.5 Å². The molecule has 0 unspecified atom stereocenters. The number of hydrogen-bond acceptors (Lipinski definition) is 11. The molecule has 6 N–H and O–H groups in total. The second-order valence-corrected chi connectivity index (χ2v) is 14.2. The van der Waals surface area contributed by atoms with E-state index in [0.717, 1.165) is 38.4 Å². The van der Waals surface area contributed by atoms with Crippen LogP contribution in [0.15, 0.2) is 0 Å². The first-order chi connectivity index (χ1) is 27.3. The molecule has 0 heterocycles. The second-order valence-electron chi connectivity index (χ2n) is 14.2. The van der Waals surface area contributed by atoms with Gasteiger partial charge in [-0.15, -0.1) is 0 Å². The topological polar surface area (TPSA) is 213 Å². The highest BCUT2D eigenvalue weighted by Crippen LogP contribution is 2.13. The van der Waals surface area contributed by atoms with Gasteiger partial charge < -0.3 is 55.5 Å². The third kappa shape index (κ3) is 40.7. The van der Waals surface area contributed by atoms with E-state index in [4.69, 9.17) is 24.7 Å². The van der Waals surface area contributed by atoms with Gasteiger partial charge in [-0.1, -0.05) is 77.0 Å². The van der Waals surface area contributed by atoms with Crippen molar-refractivity contribution in [2.24, 2.45) is 5.73 Å². The van der Waals surface area contributed by atoms with Gasteiger partial charge in [0.05, 0.1) is 51.4 Å². The van der Waals surface area contributed by atoms with Gasteiger partial charge in [-0.3, -0.25) is 19.2 Å². The van der Waals surface area contributed by atoms with Crippen LogP contribution in [0, 0.1) is 0 Å². The Labute approximate surface area is 337 Å². The van der Waals surface area contributed by atoms with Gasteiger partial charge in [-0.25, -0.2) is 0 Å². The molecular formula is C40H76BN5O10. The van der Waals surface area contributed by atoms with E-state index in [-0.39, 0.29) is 62.3 Å². The highest BCUT2D eigenvalue weighted by Gasteiger charge is 2.08. The molecule has 324 valence electrons. The molecule has 0 bridgehead atoms. The fourth-order valence-electron chi connectivity index (χ4n) is 5.61. The Balaban J connectivity index is 3.39. The second kappa shape index (κ2) is 41.7. The fourth-order valence-corrected chi connectivity index (χ4v) is 5.61. The predicted molar refractivity (Wildman–Crippen MR) is 220 cm³/mol. The highest BCUT2D eigenvalue weighted by atomic mass is 16.5. The van der Waals surface area contributed by atoms with E-state index in [9.17, 15) is 28.8 Å². The summed E-state index contributed by atoms with van der Waals surface area (Å²) in [7, 11) is 1.47. The van der Waals surface area contributed by atoms with Gasteiger partial charge in [0.25, 0.3) is 0 Å². The Hall–Kier alpha value is -2.92. The van der Waals surface area contributed by atoms with Crippen LogP contribution in [0.1, 0.15) is 135 Å². The van der Waals surface area contributed by atoms with Crippen LogP contribution in [0.2, 0.25) is 0 Å². The maximum atomic E-state index is 12.1. The number of ether oxygens (including phenoxy) is 4. The summed E-state index contributed by atoms with van der Waals surface area (Å²) >= 11 is 0. The van der Waals surface area contributed by atoms with Gasteiger partial charge in [-0.2, -0.15) is 0 Å². The molecule has 0 spiro atoms. The lowest BCUT2D eigenvalue weighted by Gasteiger charge is -2.09. The van der Waals surface area contributed by atoms with Crippen molar-refractivity contribution in [1.29, 1.82) is 0 Å². The number of carbonyl (C=O) groups is 6. The molecule has 0 saturated heterocycles. The molecule has 0 fully saturated rings. The Bertz CT molecular complexity index is 1010. The summed E-state index contributed by atoms with van der Waals surface area (Å²) in [6.07, 6.45) is 22.3. The maximum Gasteiger partial charge on any atom is 0.246 e. The lowest BCUT2D eigenvalue weighted by molar-refractivity contribution is -0.127. The van der Waals surface area contributed by atoms with Gasteiger partial charge >= 0.3 is 0 Å². The summed E-state index contributed by atoms with van der Waals surface area (Å²) in [6.45, 7) is 3.18. The van der Waals surface area contributed by atoms with E-state index in [1.54, 1.807) is 0 Å². The zero-order valence-corrected chi connectivity index (χ0v) is 34.6. The van der Waals surface area contributed by atoms with Crippen LogP contribution in [0.3, 0.4) is 0 Å². The largest absolute Gasteiger partial charge is 0.377 e. The van der Waals surface area contributed by atoms with Gasteiger partial charge in [0.2, 0.25) is 23.6 Å². The molecule has 0 aliphatic carbocycles. The molecule has 15 nitrogen and oxygen atoms in total. The molecule has 0 radical (unpaired) electrons. The number of amides is 4. The zero-order chi connectivity index (χ0) is 41.2. The van der Waals surface area contributed by atoms with E-state index in [1.807, 2.05) is 0 Å². The first kappa shape index (κ1) is 53.1. The minimum atomic E-state index is -0.438. The number of aldehydes is 1. The third-order valence-electron chi connectivity index (χ3n) is 9.01. The van der Waals surface area contributed by atoms with Crippen molar-refractivity contribution in [3.05, 3.63) is 0 Å². The zero-order valence-electron chi connectivity index (χ0n) is 34.6. The van der Waals surface area contributed by atoms with Crippen molar-refractivity contribution in [1.82, 2.24) is 21.3 Å². The molecule has 0 aromatic rings. The van der Waals surface area contributed by atoms with E-state index in [2.05, 4.69) is 21.3 Å². The molecule has 0 rings (SSSR count). The Morgan fingerprint density at radius 2 is 0.857 bits per heavy atom. The SMILES string of the molecule is BC(=O)[C@@H](N)CCCCNC(=O)COCCOCCNC(=O)COCCOCCNC(=O)CCCNC(=O)CCCCCCCCCCCCCCCCC=O. The third-order valence-corrected chi connectivity index (χ3v) is 9.01. The van der Waals surface area contributed by atoms with Crippen LogP contribution < -0.4 is 27.0 Å². The van der Waals surface area contributed by atoms with Gasteiger partial charge in [0.15, 0.2) is 7.85 Å². The molecule has 0 aliphatic rings. The smallest absolute Gasteiger partial charge is 0.246 e. The average molecular weight is 798 g/mol. The number of rotatable bonds is 43. The number of nitrogens with two attached hydrogens (primary N) is 1. The summed E-state index contributed by atoms with van der Waals surface area (Å²) in [6, 6.07) is -0.438. The van der Waals surface area contributed by atoms with Gasteiger partial charge in [0.1, 0.15) is 19.5 Å². The van der Waals surface area contributed by atoms with Crippen LogP contribution in [0.5, 0.6) is 0 Å². The Morgan fingerprint density at radius 3 is 1.36 bits per heavy atom. The monoisotopic (exact) mass is 798 g/mol. The predicted octanol–water partition coefficient (Wildman–Crippen LogP) is 2.40. The number of hydrogen-bond donors (Lipinski definition) is 5. The van der Waals surface area contributed by atoms with Crippen molar-refractivity contribution in [2.45, 2.75) is 141 Å². The summed E-state index contributed by atoms with van der Waals surface area (Å²) in [5.74, 6) is -0.536. The minimum Gasteiger partial charge on any atom is -0.377 e. The van der Waals surface area contributed by atoms with Crippen LogP contribution >= 0.6 is 0 Å². The summed E-state index contributed by atoms with van der Waals surface area (Å²) in [5.41, 5.74) is 5.64. The number of nitrogens with one attached hydrogen (secondary N) is 4. The maximum absolute atomic E-state index is 12.1. The van der Waals surface area contributed by atoms with E-state index in [1.165, 1.54) is 78.5 Å². The molecule has 1 atom stereocenters. The van der Waals surface area contributed by atoms with E-state index in [0.29, 0.717) is 78.1 Å². The lowest BCUT2D eigenvalue weighted by Crippen LogP contribution is -2.32. The standard InChI is InChI=1S/C40H76BN5O10/c41-40(52)35(42)19-15-16-22-44-38(50)33-55-31-30-54-28-25-46-39(51)34-56-32-29-53-27-24-45-37(49)21-18-23-43-36(48)20-14-12-10-8-6-4-2-1-3-5-7-9-11-13-17-26-47/h26,35H,1-25,27-34,41-42H2,(H,43,48)(H,44,50)(H,45,49)(H,46,51)/t35-/m0/s1. The summed E-state index contributed by atoms with van der Waals surface area (Å²) in [5, 5.41) is 11.1. The quantitative estimate of drug-likeness (QED) is 0.0343. The Kier molecular flexibility index (Phi) is 39.5. The van der Waals surface area contributed by atoms with Crippen molar-refractivity contribution in [2.75, 3.05) is 79.0 Å². The van der Waals surface area contributed by atoms with Gasteiger partial charge in [0, 0.05) is 45.4 Å². The van der Waals surface area contributed by atoms with E-state index >= 15 is 0 Å². The molecule has 56 heavy (non-hydrogen) atoms. The molecule has 4 amide bonds. The van der Waals surface area contributed by atoms with Crippen molar-refractivity contribution < 1.29 is 47.7 Å². The lowest BCUT2D eigenvalue weighted by atomic mass is 9.92. The summed E-state index contributed by atoms with van der Waals surface area (Å²) in [4.78, 5) is 69.1. The molecule has 0 aromatic carbocycles. The van der Waals surface area contributed by atoms with Crippen LogP contribution in [-0.4, -0.2) is 129 Å². The van der Waals surface area contributed by atoms with Crippen molar-refractivity contribution >= 4 is 43.4 Å². The number of carbonyl (C=O) groups excluding carboxylic acids is 6. The first-order valence-electron chi connectivity index (χ1n) is 21.3. The average Bonchev–Trinajstić information content (AvgIpc) is 3.18. The highest BCUT2D eigenvalue weighted by molar-refractivity contribution is 6.59. The van der Waals surface area contributed by atoms with Crippen LogP contribution in [0.4, 0.5) is 0 Å². The van der Waals surface area contributed by atoms with Crippen molar-refractivity contribution in [3.63, 3.8) is 0 Å². The minimum absolute atomic E-state index is 0.0329. The molecule has 0 aliphatic heterocycles. The van der Waals surface area contributed by atoms with E-state index < -0.39 is 6.04 Å². The van der Waals surface area contributed by atoms with Crippen LogP contribution in [0.25, 0.3) is 0 Å². The molecule has 0 aromatic heterocycles. The first-order valence-corrected chi connectivity index (χ1v) is 21.3. The number of unbranched alkanes of at least 4 members (excludes halogenated alkanes) is 15. The Morgan fingerprint density at radius 1 is 0.464 bits per heavy atom. The molecule has 16 heteroatoms.